The zero-order valence-corrected chi connectivity index (χ0v) is 8.58. The van der Waals surface area contributed by atoms with Gasteiger partial charge in [0.2, 0.25) is 0 Å². The molecule has 0 N–H and O–H groups in total. The average Bonchev–Trinajstić information content (AvgIpc) is 2.15. The number of carbonyl (C=O) groups is 2. The van der Waals surface area contributed by atoms with Gasteiger partial charge in [0.25, 0.3) is 0 Å². The molecule has 2 bridgehead atoms. The molecule has 0 unspecified atom stereocenters. The van der Waals surface area contributed by atoms with Crippen molar-refractivity contribution in [2.45, 2.75) is 32.6 Å². The Morgan fingerprint density at radius 1 is 1.43 bits per heavy atom. The molecule has 0 radical (unpaired) electrons. The summed E-state index contributed by atoms with van der Waals surface area (Å²) in [7, 11) is 0. The minimum absolute atomic E-state index is 0.0523. The molecule has 2 aliphatic carbocycles. The SMILES string of the molecule is C=C[C@]1(C)CC(=O)[C@H]2CCC[C@@H]1C2=O. The van der Waals surface area contributed by atoms with E-state index in [1.165, 1.54) is 0 Å². The normalized spacial score (nSPS) is 42.4. The molecule has 2 aliphatic rings. The van der Waals surface area contributed by atoms with Crippen molar-refractivity contribution in [3.8, 4) is 0 Å². The summed E-state index contributed by atoms with van der Waals surface area (Å²) in [5.41, 5.74) is -0.273. The molecule has 0 aromatic carbocycles. The predicted molar refractivity (Wildman–Crippen MR) is 53.8 cm³/mol. The van der Waals surface area contributed by atoms with E-state index in [9.17, 15) is 9.59 Å². The molecule has 2 rings (SSSR count). The van der Waals surface area contributed by atoms with Crippen LogP contribution in [0, 0.1) is 17.3 Å². The molecule has 14 heavy (non-hydrogen) atoms. The molecule has 0 aromatic heterocycles. The van der Waals surface area contributed by atoms with Crippen LogP contribution in [0.5, 0.6) is 0 Å². The van der Waals surface area contributed by atoms with Crippen LogP contribution in [0.1, 0.15) is 32.6 Å². The Morgan fingerprint density at radius 3 is 2.79 bits per heavy atom. The van der Waals surface area contributed by atoms with Crippen molar-refractivity contribution in [3.63, 3.8) is 0 Å². The van der Waals surface area contributed by atoms with Gasteiger partial charge in [-0.3, -0.25) is 9.59 Å². The monoisotopic (exact) mass is 192 g/mol. The van der Waals surface area contributed by atoms with Crippen molar-refractivity contribution in [3.05, 3.63) is 12.7 Å². The van der Waals surface area contributed by atoms with Crippen molar-refractivity contribution in [1.82, 2.24) is 0 Å². The Bertz CT molecular complexity index is 305. The van der Waals surface area contributed by atoms with Gasteiger partial charge in [-0.05, 0) is 12.8 Å². The molecule has 2 nitrogen and oxygen atoms in total. The maximum atomic E-state index is 11.9. The summed E-state index contributed by atoms with van der Waals surface area (Å²) in [6, 6.07) is 0. The zero-order valence-electron chi connectivity index (χ0n) is 8.58. The highest BCUT2D eigenvalue weighted by atomic mass is 16.2. The van der Waals surface area contributed by atoms with E-state index in [0.29, 0.717) is 6.42 Å². The van der Waals surface area contributed by atoms with Crippen LogP contribution in [-0.4, -0.2) is 11.6 Å². The number of Topliss-reactive ketones (excluding diaryl/α,β-unsaturated/α-hetero) is 2. The molecule has 76 valence electrons. The lowest BCUT2D eigenvalue weighted by Gasteiger charge is -2.43. The van der Waals surface area contributed by atoms with Gasteiger partial charge in [-0.15, -0.1) is 6.58 Å². The minimum atomic E-state index is -0.276. The van der Waals surface area contributed by atoms with E-state index in [1.807, 2.05) is 6.92 Å². The third-order valence-electron chi connectivity index (χ3n) is 3.88. The second kappa shape index (κ2) is 3.04. The van der Waals surface area contributed by atoms with Crippen molar-refractivity contribution in [2.24, 2.45) is 17.3 Å². The second-order valence-corrected chi connectivity index (χ2v) is 4.79. The van der Waals surface area contributed by atoms with Crippen LogP contribution >= 0.6 is 0 Å². The van der Waals surface area contributed by atoms with Gasteiger partial charge in [-0.25, -0.2) is 0 Å². The molecule has 0 aromatic rings. The molecule has 0 spiro atoms. The summed E-state index contributed by atoms with van der Waals surface area (Å²) in [6.45, 7) is 5.76. The van der Waals surface area contributed by atoms with Gasteiger partial charge in [-0.1, -0.05) is 19.4 Å². The Morgan fingerprint density at radius 2 is 2.14 bits per heavy atom. The number of fused-ring (bicyclic) bond motifs is 2. The topological polar surface area (TPSA) is 34.1 Å². The quantitative estimate of drug-likeness (QED) is 0.471. The van der Waals surface area contributed by atoms with E-state index in [-0.39, 0.29) is 28.8 Å². The highest BCUT2D eigenvalue weighted by Gasteiger charge is 2.49. The van der Waals surface area contributed by atoms with E-state index in [1.54, 1.807) is 6.08 Å². The van der Waals surface area contributed by atoms with E-state index in [2.05, 4.69) is 6.58 Å². The number of rotatable bonds is 1. The van der Waals surface area contributed by atoms with Gasteiger partial charge in [0.1, 0.15) is 11.6 Å². The van der Waals surface area contributed by atoms with Gasteiger partial charge in [-0.2, -0.15) is 0 Å². The zero-order chi connectivity index (χ0) is 10.3. The molecular weight excluding hydrogens is 176 g/mol. The van der Waals surface area contributed by atoms with E-state index < -0.39 is 0 Å². The number of ketones is 2. The van der Waals surface area contributed by atoms with Crippen LogP contribution < -0.4 is 0 Å². The number of allylic oxidation sites excluding steroid dienone is 1. The Balaban J connectivity index is 2.38. The van der Waals surface area contributed by atoms with Crippen molar-refractivity contribution < 1.29 is 9.59 Å². The summed E-state index contributed by atoms with van der Waals surface area (Å²) in [5, 5.41) is 0. The number of carbonyl (C=O) groups excluding carboxylic acids is 2. The lowest BCUT2D eigenvalue weighted by Crippen LogP contribution is -2.48. The molecule has 0 heterocycles. The largest absolute Gasteiger partial charge is 0.299 e. The van der Waals surface area contributed by atoms with Crippen LogP contribution in [0.3, 0.4) is 0 Å². The van der Waals surface area contributed by atoms with Gasteiger partial charge < -0.3 is 0 Å². The Kier molecular flexibility index (Phi) is 2.09. The lowest BCUT2D eigenvalue weighted by molar-refractivity contribution is -0.146. The fraction of sp³-hybridized carbons (Fsp3) is 0.667. The predicted octanol–water partition coefficient (Wildman–Crippen LogP) is 2.14. The van der Waals surface area contributed by atoms with Crippen LogP contribution in [0.15, 0.2) is 12.7 Å². The van der Waals surface area contributed by atoms with Crippen molar-refractivity contribution in [1.29, 1.82) is 0 Å². The van der Waals surface area contributed by atoms with E-state index in [4.69, 9.17) is 0 Å². The highest BCUT2D eigenvalue weighted by Crippen LogP contribution is 2.47. The second-order valence-electron chi connectivity index (χ2n) is 4.79. The van der Waals surface area contributed by atoms with Gasteiger partial charge in [0, 0.05) is 17.8 Å². The molecule has 0 amide bonds. The average molecular weight is 192 g/mol. The summed E-state index contributed by atoms with van der Waals surface area (Å²) in [6.07, 6.45) is 5.04. The molecule has 2 fully saturated rings. The first-order chi connectivity index (χ1) is 6.58. The first kappa shape index (κ1) is 9.63. The van der Waals surface area contributed by atoms with Gasteiger partial charge >= 0.3 is 0 Å². The lowest BCUT2D eigenvalue weighted by atomic mass is 9.58. The summed E-state index contributed by atoms with van der Waals surface area (Å²) in [5.74, 6) is 0.0847. The van der Waals surface area contributed by atoms with Crippen LogP contribution in [0.25, 0.3) is 0 Å². The minimum Gasteiger partial charge on any atom is -0.299 e. The summed E-state index contributed by atoms with van der Waals surface area (Å²) in [4.78, 5) is 23.6. The Hall–Kier alpha value is -0.920. The van der Waals surface area contributed by atoms with Crippen LogP contribution in [0.4, 0.5) is 0 Å². The van der Waals surface area contributed by atoms with Crippen LogP contribution in [-0.2, 0) is 9.59 Å². The maximum Gasteiger partial charge on any atom is 0.147 e. The summed E-state index contributed by atoms with van der Waals surface area (Å²) >= 11 is 0. The highest BCUT2D eigenvalue weighted by molar-refractivity contribution is 6.07. The molecule has 3 atom stereocenters. The molecule has 0 aliphatic heterocycles. The van der Waals surface area contributed by atoms with Crippen LogP contribution in [0.2, 0.25) is 0 Å². The number of hydrogen-bond donors (Lipinski definition) is 0. The molecule has 2 saturated carbocycles. The van der Waals surface area contributed by atoms with Gasteiger partial charge in [0.15, 0.2) is 0 Å². The van der Waals surface area contributed by atoms with Gasteiger partial charge in [0.05, 0.1) is 5.92 Å². The molecule has 2 heteroatoms. The molecular formula is C12H16O2. The third-order valence-corrected chi connectivity index (χ3v) is 3.88. The first-order valence-corrected chi connectivity index (χ1v) is 5.28. The molecule has 0 saturated heterocycles. The smallest absolute Gasteiger partial charge is 0.147 e. The fourth-order valence-corrected chi connectivity index (χ4v) is 2.86. The van der Waals surface area contributed by atoms with Crippen molar-refractivity contribution in [2.75, 3.05) is 0 Å². The third kappa shape index (κ3) is 1.17. The fourth-order valence-electron chi connectivity index (χ4n) is 2.86. The van der Waals surface area contributed by atoms with Crippen molar-refractivity contribution >= 4 is 11.6 Å². The standard InChI is InChI=1S/C12H16O2/c1-3-12(2)7-10(13)8-5-4-6-9(12)11(8)14/h3,8-9H,1,4-7H2,2H3/t8-,9-,12-/m1/s1. The summed E-state index contributed by atoms with van der Waals surface area (Å²) < 4.78 is 0. The maximum absolute atomic E-state index is 11.9. The Labute approximate surface area is 84.4 Å². The number of hydrogen-bond acceptors (Lipinski definition) is 2. The van der Waals surface area contributed by atoms with E-state index in [0.717, 1.165) is 19.3 Å². The van der Waals surface area contributed by atoms with E-state index >= 15 is 0 Å². The first-order valence-electron chi connectivity index (χ1n) is 5.28.